The Morgan fingerprint density at radius 3 is 2.40 bits per heavy atom. The van der Waals surface area contributed by atoms with E-state index < -0.39 is 0 Å². The highest BCUT2D eigenvalue weighted by molar-refractivity contribution is 6.31. The summed E-state index contributed by atoms with van der Waals surface area (Å²) in [6, 6.07) is 18.2. The zero-order valence-electron chi connectivity index (χ0n) is 12.9. The average Bonchev–Trinajstić information content (AvgIpc) is 2.93. The molecule has 0 aliphatic heterocycles. The van der Waals surface area contributed by atoms with E-state index in [-0.39, 0.29) is 12.2 Å². The topological polar surface area (TPSA) is 52.2 Å². The first-order valence-electron chi connectivity index (χ1n) is 7.58. The molecule has 124 valence electrons. The predicted octanol–water partition coefficient (Wildman–Crippen LogP) is 3.91. The molecule has 0 aliphatic carbocycles. The first-order valence-corrected chi connectivity index (χ1v) is 8.34. The van der Waals surface area contributed by atoms with Gasteiger partial charge in [-0.05, 0) is 35.9 Å². The molecule has 0 radical (unpaired) electrons. The maximum atomic E-state index is 12.6. The van der Waals surface area contributed by atoms with Gasteiger partial charge in [0.05, 0.1) is 12.2 Å². The summed E-state index contributed by atoms with van der Waals surface area (Å²) in [6.45, 7) is 0.290. The summed E-state index contributed by atoms with van der Waals surface area (Å²) in [4.78, 5) is 12.6. The van der Waals surface area contributed by atoms with Gasteiger partial charge in [0.15, 0.2) is 5.65 Å². The highest BCUT2D eigenvalue weighted by Crippen LogP contribution is 2.19. The lowest BCUT2D eigenvalue weighted by Gasteiger charge is -2.02. The van der Waals surface area contributed by atoms with Crippen LogP contribution in [0.1, 0.15) is 5.56 Å². The quantitative estimate of drug-likeness (QED) is 0.549. The summed E-state index contributed by atoms with van der Waals surface area (Å²) in [5, 5.41) is 9.97. The lowest BCUT2D eigenvalue weighted by atomic mass is 10.1. The zero-order chi connectivity index (χ0) is 17.4. The van der Waals surface area contributed by atoms with Crippen molar-refractivity contribution in [1.29, 1.82) is 0 Å². The van der Waals surface area contributed by atoms with Crippen molar-refractivity contribution in [1.82, 2.24) is 19.4 Å². The third-order valence-corrected chi connectivity index (χ3v) is 4.48. The number of benzene rings is 2. The summed E-state index contributed by atoms with van der Waals surface area (Å²) in [6.07, 6.45) is 0. The third kappa shape index (κ3) is 3.04. The number of hydrogen-bond acceptors (Lipinski definition) is 3. The number of halogens is 2. The minimum Gasteiger partial charge on any atom is -0.244 e. The maximum absolute atomic E-state index is 12.6. The Labute approximate surface area is 153 Å². The molecule has 0 spiro atoms. The van der Waals surface area contributed by atoms with Crippen molar-refractivity contribution in [3.05, 3.63) is 86.8 Å². The molecule has 2 aromatic carbocycles. The van der Waals surface area contributed by atoms with E-state index in [1.165, 1.54) is 9.20 Å². The Hall–Kier alpha value is -2.63. The highest BCUT2D eigenvalue weighted by atomic mass is 35.5. The summed E-state index contributed by atoms with van der Waals surface area (Å²) in [7, 11) is 0. The molecule has 0 atom stereocenters. The van der Waals surface area contributed by atoms with E-state index in [1.54, 1.807) is 24.3 Å². The lowest BCUT2D eigenvalue weighted by molar-refractivity contribution is 0.651. The largest absolute Gasteiger partial charge is 0.367 e. The van der Waals surface area contributed by atoms with Crippen molar-refractivity contribution < 1.29 is 0 Å². The van der Waals surface area contributed by atoms with Gasteiger partial charge in [0.1, 0.15) is 0 Å². The van der Waals surface area contributed by atoms with Crippen molar-refractivity contribution in [3.8, 4) is 11.3 Å². The first kappa shape index (κ1) is 15.9. The van der Waals surface area contributed by atoms with Gasteiger partial charge in [0.25, 0.3) is 0 Å². The van der Waals surface area contributed by atoms with Crippen LogP contribution in [0, 0.1) is 0 Å². The Morgan fingerprint density at radius 1 is 0.880 bits per heavy atom. The van der Waals surface area contributed by atoms with Gasteiger partial charge in [-0.1, -0.05) is 53.5 Å². The summed E-state index contributed by atoms with van der Waals surface area (Å²) < 4.78 is 2.65. The molecule has 0 amide bonds. The number of rotatable bonds is 3. The molecule has 0 unspecified atom stereocenters. The fourth-order valence-corrected chi connectivity index (χ4v) is 2.90. The Balaban J connectivity index is 1.76. The molecule has 2 heterocycles. The van der Waals surface area contributed by atoms with Crippen LogP contribution >= 0.6 is 23.2 Å². The number of fused-ring (bicyclic) bond motifs is 1. The van der Waals surface area contributed by atoms with Crippen molar-refractivity contribution >= 4 is 28.8 Å². The molecule has 0 bridgehead atoms. The van der Waals surface area contributed by atoms with Crippen LogP contribution in [0.2, 0.25) is 10.0 Å². The monoisotopic (exact) mass is 370 g/mol. The third-order valence-electron chi connectivity index (χ3n) is 3.86. The van der Waals surface area contributed by atoms with E-state index in [0.717, 1.165) is 11.1 Å². The van der Waals surface area contributed by atoms with Crippen molar-refractivity contribution in [2.24, 2.45) is 0 Å². The van der Waals surface area contributed by atoms with E-state index in [4.69, 9.17) is 23.2 Å². The van der Waals surface area contributed by atoms with Crippen LogP contribution in [0.3, 0.4) is 0 Å². The zero-order valence-corrected chi connectivity index (χ0v) is 14.4. The van der Waals surface area contributed by atoms with Crippen LogP contribution in [-0.2, 0) is 6.54 Å². The summed E-state index contributed by atoms with van der Waals surface area (Å²) in [5.74, 6) is 0. The molecular formula is C18H12Cl2N4O. The highest BCUT2D eigenvalue weighted by Gasteiger charge is 2.11. The Morgan fingerprint density at radius 2 is 1.64 bits per heavy atom. The van der Waals surface area contributed by atoms with Gasteiger partial charge in [-0.25, -0.2) is 9.48 Å². The van der Waals surface area contributed by atoms with Gasteiger partial charge in [-0.2, -0.15) is 9.61 Å². The molecule has 4 rings (SSSR count). The Kier molecular flexibility index (Phi) is 4.03. The molecule has 5 nitrogen and oxygen atoms in total. The number of hydrogen-bond donors (Lipinski definition) is 0. The molecule has 4 aromatic rings. The molecule has 2 aromatic heterocycles. The predicted molar refractivity (Wildman–Crippen MR) is 98.2 cm³/mol. The number of aromatic nitrogens is 4. The second-order valence-electron chi connectivity index (χ2n) is 5.53. The van der Waals surface area contributed by atoms with Crippen molar-refractivity contribution in [2.75, 3.05) is 0 Å². The molecular weight excluding hydrogens is 359 g/mol. The normalized spacial score (nSPS) is 11.1. The van der Waals surface area contributed by atoms with E-state index in [1.807, 2.05) is 36.4 Å². The Bertz CT molecular complexity index is 1120. The SMILES string of the molecule is O=c1n(Cc2ccccc2Cl)nc2ccc(-c3ccc(Cl)cc3)nn12. The van der Waals surface area contributed by atoms with E-state index in [9.17, 15) is 4.79 Å². The van der Waals surface area contributed by atoms with Gasteiger partial charge in [0.2, 0.25) is 0 Å². The fraction of sp³-hybridized carbons (Fsp3) is 0.0556. The van der Waals surface area contributed by atoms with Crippen LogP contribution in [0.15, 0.2) is 65.5 Å². The minimum absolute atomic E-state index is 0.290. The van der Waals surface area contributed by atoms with Crippen LogP contribution < -0.4 is 5.69 Å². The van der Waals surface area contributed by atoms with Gasteiger partial charge in [0, 0.05) is 15.6 Å². The molecule has 0 N–H and O–H groups in total. The smallest absolute Gasteiger partial charge is 0.244 e. The first-order chi connectivity index (χ1) is 12.1. The van der Waals surface area contributed by atoms with Crippen molar-refractivity contribution in [2.45, 2.75) is 6.54 Å². The summed E-state index contributed by atoms with van der Waals surface area (Å²) >= 11 is 12.1. The van der Waals surface area contributed by atoms with Crippen LogP contribution in [0.5, 0.6) is 0 Å². The molecule has 25 heavy (non-hydrogen) atoms. The van der Waals surface area contributed by atoms with Gasteiger partial charge >= 0.3 is 5.69 Å². The number of nitrogens with zero attached hydrogens (tertiary/aromatic N) is 4. The minimum atomic E-state index is -0.314. The van der Waals surface area contributed by atoms with Crippen LogP contribution in [0.4, 0.5) is 0 Å². The van der Waals surface area contributed by atoms with Gasteiger partial charge < -0.3 is 0 Å². The second kappa shape index (κ2) is 6.35. The van der Waals surface area contributed by atoms with Gasteiger partial charge in [-0.3, -0.25) is 0 Å². The molecule has 0 fully saturated rings. The maximum Gasteiger partial charge on any atom is 0.367 e. The van der Waals surface area contributed by atoms with Crippen molar-refractivity contribution in [3.63, 3.8) is 0 Å². The molecule has 0 saturated carbocycles. The van der Waals surface area contributed by atoms with Gasteiger partial charge in [-0.15, -0.1) is 5.10 Å². The fourth-order valence-electron chi connectivity index (χ4n) is 2.57. The summed E-state index contributed by atoms with van der Waals surface area (Å²) in [5.41, 5.74) is 2.54. The molecule has 0 saturated heterocycles. The lowest BCUT2D eigenvalue weighted by Crippen LogP contribution is -2.23. The van der Waals surface area contributed by atoms with E-state index in [0.29, 0.717) is 21.4 Å². The van der Waals surface area contributed by atoms with Crippen LogP contribution in [0.25, 0.3) is 16.9 Å². The average molecular weight is 371 g/mol. The standard InChI is InChI=1S/C18H12Cl2N4O/c19-14-7-5-12(6-8-14)16-9-10-17-22-23(18(25)24(17)21-16)11-13-3-1-2-4-15(13)20/h1-10H,11H2. The van der Waals surface area contributed by atoms with Crippen LogP contribution in [-0.4, -0.2) is 19.4 Å². The molecule has 7 heteroatoms. The van der Waals surface area contributed by atoms with E-state index in [2.05, 4.69) is 10.2 Å². The van der Waals surface area contributed by atoms with E-state index >= 15 is 0 Å². The molecule has 0 aliphatic rings. The second-order valence-corrected chi connectivity index (χ2v) is 6.37.